The Morgan fingerprint density at radius 1 is 1.45 bits per heavy atom. The third-order valence-electron chi connectivity index (χ3n) is 4.23. The minimum absolute atomic E-state index is 0.0609. The van der Waals surface area contributed by atoms with E-state index in [-0.39, 0.29) is 6.03 Å². The molecule has 1 aliphatic rings. The first-order chi connectivity index (χ1) is 10.6. The highest BCUT2D eigenvalue weighted by Gasteiger charge is 2.26. The van der Waals surface area contributed by atoms with Crippen molar-refractivity contribution in [1.29, 1.82) is 0 Å². The van der Waals surface area contributed by atoms with Crippen molar-refractivity contribution in [1.82, 2.24) is 15.2 Å². The van der Waals surface area contributed by atoms with Crippen LogP contribution in [0.2, 0.25) is 0 Å². The summed E-state index contributed by atoms with van der Waals surface area (Å²) in [6.45, 7) is 6.34. The zero-order valence-corrected chi connectivity index (χ0v) is 14.7. The van der Waals surface area contributed by atoms with Crippen LogP contribution >= 0.6 is 11.3 Å². The van der Waals surface area contributed by atoms with Crippen LogP contribution < -0.4 is 5.32 Å². The number of nitrogens with one attached hydrogen (secondary N) is 1. The second-order valence-corrected chi connectivity index (χ2v) is 7.14. The number of hydrogen-bond acceptors (Lipinski definition) is 4. The van der Waals surface area contributed by atoms with Crippen molar-refractivity contribution in [3.05, 3.63) is 15.6 Å². The molecule has 0 aliphatic carbocycles. The number of likely N-dealkylation sites (tertiary alicyclic amines) is 1. The van der Waals surface area contributed by atoms with Crippen LogP contribution in [-0.4, -0.2) is 48.8 Å². The third kappa shape index (κ3) is 4.68. The summed E-state index contributed by atoms with van der Waals surface area (Å²) in [5, 5.41) is 4.15. The van der Waals surface area contributed by atoms with E-state index in [0.29, 0.717) is 19.2 Å². The second-order valence-electron chi connectivity index (χ2n) is 5.86. The number of ether oxygens (including phenoxy) is 1. The van der Waals surface area contributed by atoms with Gasteiger partial charge in [0.05, 0.1) is 10.7 Å². The molecule has 0 saturated carbocycles. The third-order valence-corrected chi connectivity index (χ3v) is 5.36. The van der Waals surface area contributed by atoms with Crippen molar-refractivity contribution in [2.75, 3.05) is 26.8 Å². The maximum atomic E-state index is 12.4. The maximum Gasteiger partial charge on any atom is 0.317 e. The molecule has 1 aliphatic heterocycles. The number of aromatic nitrogens is 1. The Labute approximate surface area is 137 Å². The minimum atomic E-state index is 0.0609. The topological polar surface area (TPSA) is 54.5 Å². The number of carbonyl (C=O) groups is 1. The van der Waals surface area contributed by atoms with Crippen molar-refractivity contribution < 1.29 is 9.53 Å². The normalized spacial score (nSPS) is 18.5. The molecule has 6 heteroatoms. The van der Waals surface area contributed by atoms with Gasteiger partial charge in [-0.3, -0.25) is 0 Å². The first-order valence-electron chi connectivity index (χ1n) is 8.08. The fourth-order valence-corrected chi connectivity index (χ4v) is 3.78. The van der Waals surface area contributed by atoms with Crippen molar-refractivity contribution in [3.63, 3.8) is 0 Å². The lowest BCUT2D eigenvalue weighted by Crippen LogP contribution is -2.49. The van der Waals surface area contributed by atoms with Gasteiger partial charge in [0.15, 0.2) is 0 Å². The average Bonchev–Trinajstić information content (AvgIpc) is 2.83. The van der Waals surface area contributed by atoms with Crippen LogP contribution in [0.3, 0.4) is 0 Å². The molecule has 124 valence electrons. The summed E-state index contributed by atoms with van der Waals surface area (Å²) >= 11 is 1.72. The number of aryl methyl sites for hydroxylation is 2. The lowest BCUT2D eigenvalue weighted by atomic mass is 10.0. The van der Waals surface area contributed by atoms with Crippen LogP contribution in [0.5, 0.6) is 0 Å². The molecule has 2 rings (SSSR count). The van der Waals surface area contributed by atoms with E-state index in [9.17, 15) is 4.79 Å². The van der Waals surface area contributed by atoms with Crippen LogP contribution in [0.4, 0.5) is 4.79 Å². The number of amides is 2. The second kappa shape index (κ2) is 8.48. The predicted octanol–water partition coefficient (Wildman–Crippen LogP) is 2.90. The smallest absolute Gasteiger partial charge is 0.317 e. The van der Waals surface area contributed by atoms with Gasteiger partial charge in [0.25, 0.3) is 0 Å². The van der Waals surface area contributed by atoms with E-state index in [0.717, 1.165) is 42.9 Å². The number of thiazole rings is 1. The van der Waals surface area contributed by atoms with Gasteiger partial charge in [0, 0.05) is 44.1 Å². The zero-order chi connectivity index (χ0) is 15.9. The van der Waals surface area contributed by atoms with Gasteiger partial charge >= 0.3 is 6.03 Å². The summed E-state index contributed by atoms with van der Waals surface area (Å²) in [6, 6.07) is 0.379. The number of carbonyl (C=O) groups excluding carboxylic acids is 1. The molecule has 1 aromatic rings. The molecule has 2 amide bonds. The Kier molecular flexibility index (Phi) is 6.64. The summed E-state index contributed by atoms with van der Waals surface area (Å²) in [6.07, 6.45) is 5.12. The van der Waals surface area contributed by atoms with E-state index in [1.807, 2.05) is 11.8 Å². The van der Waals surface area contributed by atoms with Gasteiger partial charge in [0.2, 0.25) is 0 Å². The SMILES string of the molecule is COCC[C@@H]1CCCCN1C(=O)NCCc1nc(C)c(C)s1. The number of methoxy groups -OCH3 is 1. The van der Waals surface area contributed by atoms with Crippen molar-refractivity contribution >= 4 is 17.4 Å². The molecule has 0 radical (unpaired) electrons. The summed E-state index contributed by atoms with van der Waals surface area (Å²) in [4.78, 5) is 20.2. The molecule has 1 N–H and O–H groups in total. The molecule has 0 unspecified atom stereocenters. The Morgan fingerprint density at radius 3 is 2.95 bits per heavy atom. The van der Waals surface area contributed by atoms with E-state index in [2.05, 4.69) is 17.2 Å². The average molecular weight is 325 g/mol. The van der Waals surface area contributed by atoms with Gasteiger partial charge in [-0.15, -0.1) is 11.3 Å². The van der Waals surface area contributed by atoms with Gasteiger partial charge in [-0.1, -0.05) is 0 Å². The zero-order valence-electron chi connectivity index (χ0n) is 13.9. The number of urea groups is 1. The van der Waals surface area contributed by atoms with E-state index in [1.165, 1.54) is 11.3 Å². The standard InChI is InChI=1S/C16H27N3O2S/c1-12-13(2)22-15(18-12)7-9-17-16(20)19-10-5-4-6-14(19)8-11-21-3/h14H,4-11H2,1-3H3,(H,17,20)/t14-/m0/s1. The van der Waals surface area contributed by atoms with Gasteiger partial charge in [-0.05, 0) is 39.5 Å². The molecule has 1 fully saturated rings. The lowest BCUT2D eigenvalue weighted by molar-refractivity contribution is 0.117. The van der Waals surface area contributed by atoms with Gasteiger partial charge < -0.3 is 15.0 Å². The largest absolute Gasteiger partial charge is 0.385 e. The molecule has 0 spiro atoms. The number of piperidine rings is 1. The van der Waals surface area contributed by atoms with E-state index < -0.39 is 0 Å². The molecule has 5 nitrogen and oxygen atoms in total. The first-order valence-corrected chi connectivity index (χ1v) is 8.89. The van der Waals surface area contributed by atoms with Crippen LogP contribution in [0, 0.1) is 13.8 Å². The van der Waals surface area contributed by atoms with Crippen molar-refractivity contribution in [2.45, 2.75) is 52.0 Å². The quantitative estimate of drug-likeness (QED) is 0.875. The Morgan fingerprint density at radius 2 is 2.27 bits per heavy atom. The minimum Gasteiger partial charge on any atom is -0.385 e. The number of rotatable bonds is 6. The Balaban J connectivity index is 1.79. The van der Waals surface area contributed by atoms with E-state index in [4.69, 9.17) is 4.74 Å². The summed E-state index contributed by atoms with van der Waals surface area (Å²) in [5.74, 6) is 0. The molecule has 22 heavy (non-hydrogen) atoms. The van der Waals surface area contributed by atoms with Crippen LogP contribution in [0.15, 0.2) is 0 Å². The molecule has 0 aromatic carbocycles. The van der Waals surface area contributed by atoms with E-state index in [1.54, 1.807) is 18.4 Å². The fraction of sp³-hybridized carbons (Fsp3) is 0.750. The number of hydrogen-bond donors (Lipinski definition) is 1. The monoisotopic (exact) mass is 325 g/mol. The molecule has 1 aromatic heterocycles. The Hall–Kier alpha value is -1.14. The molecular weight excluding hydrogens is 298 g/mol. The molecule has 0 bridgehead atoms. The first kappa shape index (κ1) is 17.2. The van der Waals surface area contributed by atoms with Gasteiger partial charge in [-0.25, -0.2) is 9.78 Å². The molecule has 2 heterocycles. The fourth-order valence-electron chi connectivity index (χ4n) is 2.85. The van der Waals surface area contributed by atoms with Crippen LogP contribution in [0.1, 0.15) is 41.3 Å². The maximum absolute atomic E-state index is 12.4. The Bertz CT molecular complexity index is 470. The predicted molar refractivity (Wildman–Crippen MR) is 89.5 cm³/mol. The highest BCUT2D eigenvalue weighted by atomic mass is 32.1. The number of nitrogens with zero attached hydrogens (tertiary/aromatic N) is 2. The summed E-state index contributed by atoms with van der Waals surface area (Å²) < 4.78 is 5.16. The molecule has 1 atom stereocenters. The summed E-state index contributed by atoms with van der Waals surface area (Å²) in [5.41, 5.74) is 1.10. The van der Waals surface area contributed by atoms with Crippen LogP contribution in [-0.2, 0) is 11.2 Å². The molecule has 1 saturated heterocycles. The lowest BCUT2D eigenvalue weighted by Gasteiger charge is -2.35. The molecular formula is C16H27N3O2S. The van der Waals surface area contributed by atoms with Crippen molar-refractivity contribution in [3.8, 4) is 0 Å². The van der Waals surface area contributed by atoms with Gasteiger partial charge in [-0.2, -0.15) is 0 Å². The highest BCUT2D eigenvalue weighted by molar-refractivity contribution is 7.11. The summed E-state index contributed by atoms with van der Waals surface area (Å²) in [7, 11) is 1.71. The van der Waals surface area contributed by atoms with E-state index >= 15 is 0 Å². The van der Waals surface area contributed by atoms with Crippen LogP contribution in [0.25, 0.3) is 0 Å². The van der Waals surface area contributed by atoms with Gasteiger partial charge in [0.1, 0.15) is 0 Å². The van der Waals surface area contributed by atoms with Crippen molar-refractivity contribution in [2.24, 2.45) is 0 Å². The highest BCUT2D eigenvalue weighted by Crippen LogP contribution is 2.20.